The molecule has 0 aliphatic carbocycles. The average Bonchev–Trinajstić information content (AvgIpc) is 2.74. The van der Waals surface area contributed by atoms with Gasteiger partial charge in [0.2, 0.25) is 0 Å². The Bertz CT molecular complexity index is 614. The minimum Gasteiger partial charge on any atom is -0.336 e. The van der Waals surface area contributed by atoms with Gasteiger partial charge in [-0.15, -0.1) is 11.3 Å². The van der Waals surface area contributed by atoms with Gasteiger partial charge in [0.05, 0.1) is 16.4 Å². The molecule has 0 aliphatic heterocycles. The normalized spacial score (nSPS) is 10.5. The fraction of sp³-hybridized carbons (Fsp3) is 0.154. The molecule has 0 atom stereocenters. The van der Waals surface area contributed by atoms with Crippen molar-refractivity contribution in [3.8, 4) is 0 Å². The van der Waals surface area contributed by atoms with Crippen LogP contribution in [0.1, 0.15) is 15.2 Å². The van der Waals surface area contributed by atoms with Crippen molar-refractivity contribution in [3.05, 3.63) is 56.7 Å². The highest BCUT2D eigenvalue weighted by molar-refractivity contribution is 7.16. The number of hydrogen-bond donors (Lipinski definition) is 0. The lowest BCUT2D eigenvalue weighted by molar-refractivity contribution is 0.0781. The van der Waals surface area contributed by atoms with Crippen molar-refractivity contribution >= 4 is 28.8 Å². The van der Waals surface area contributed by atoms with Crippen LogP contribution in [0.3, 0.4) is 0 Å². The number of hydrogen-bond acceptors (Lipinski definition) is 2. The van der Waals surface area contributed by atoms with Crippen molar-refractivity contribution in [1.82, 2.24) is 4.90 Å². The zero-order valence-corrected chi connectivity index (χ0v) is 11.6. The molecule has 0 N–H and O–H groups in total. The van der Waals surface area contributed by atoms with Crippen molar-refractivity contribution in [2.75, 3.05) is 7.05 Å². The Hall–Kier alpha value is -1.46. The lowest BCUT2D eigenvalue weighted by atomic mass is 10.2. The smallest absolute Gasteiger partial charge is 0.256 e. The number of benzene rings is 1. The third kappa shape index (κ3) is 3.30. The van der Waals surface area contributed by atoms with E-state index in [0.29, 0.717) is 16.9 Å². The van der Waals surface area contributed by atoms with Crippen LogP contribution in [0, 0.1) is 11.6 Å². The SMILES string of the molecule is CN(Cc1ccc(Cl)s1)C(=O)c1ccc(F)cc1F. The summed E-state index contributed by atoms with van der Waals surface area (Å²) in [6.07, 6.45) is 0. The number of carbonyl (C=O) groups excluding carboxylic acids is 1. The van der Waals surface area contributed by atoms with Crippen molar-refractivity contribution in [3.63, 3.8) is 0 Å². The third-order valence-electron chi connectivity index (χ3n) is 2.53. The lowest BCUT2D eigenvalue weighted by Gasteiger charge is -2.16. The zero-order chi connectivity index (χ0) is 14.0. The van der Waals surface area contributed by atoms with Gasteiger partial charge in [0, 0.05) is 18.0 Å². The van der Waals surface area contributed by atoms with Crippen LogP contribution in [0.15, 0.2) is 30.3 Å². The summed E-state index contributed by atoms with van der Waals surface area (Å²) in [5.74, 6) is -2.06. The Kier molecular flexibility index (Phi) is 4.17. The molecule has 0 radical (unpaired) electrons. The number of nitrogens with zero attached hydrogens (tertiary/aromatic N) is 1. The van der Waals surface area contributed by atoms with Gasteiger partial charge in [-0.25, -0.2) is 8.78 Å². The lowest BCUT2D eigenvalue weighted by Crippen LogP contribution is -2.26. The second kappa shape index (κ2) is 5.67. The van der Waals surface area contributed by atoms with Gasteiger partial charge in [-0.1, -0.05) is 11.6 Å². The molecule has 0 spiro atoms. The van der Waals surface area contributed by atoms with Crippen LogP contribution in [0.2, 0.25) is 4.34 Å². The van der Waals surface area contributed by atoms with E-state index < -0.39 is 17.5 Å². The van der Waals surface area contributed by atoms with Crippen LogP contribution in [0.4, 0.5) is 8.78 Å². The van der Waals surface area contributed by atoms with Crippen molar-refractivity contribution < 1.29 is 13.6 Å². The third-order valence-corrected chi connectivity index (χ3v) is 3.75. The monoisotopic (exact) mass is 301 g/mol. The number of thiophene rings is 1. The molecule has 1 heterocycles. The highest BCUT2D eigenvalue weighted by Gasteiger charge is 2.17. The molecule has 6 heteroatoms. The van der Waals surface area contributed by atoms with Gasteiger partial charge in [0.15, 0.2) is 0 Å². The Morgan fingerprint density at radius 3 is 2.63 bits per heavy atom. The van der Waals surface area contributed by atoms with E-state index >= 15 is 0 Å². The first-order valence-electron chi connectivity index (χ1n) is 5.42. The summed E-state index contributed by atoms with van der Waals surface area (Å²) >= 11 is 7.15. The Morgan fingerprint density at radius 2 is 2.05 bits per heavy atom. The van der Waals surface area contributed by atoms with Crippen molar-refractivity contribution in [1.29, 1.82) is 0 Å². The molecule has 2 nitrogen and oxygen atoms in total. The van der Waals surface area contributed by atoms with Crippen LogP contribution in [0.5, 0.6) is 0 Å². The van der Waals surface area contributed by atoms with Crippen LogP contribution in [0.25, 0.3) is 0 Å². The maximum Gasteiger partial charge on any atom is 0.256 e. The van der Waals surface area contributed by atoms with Gasteiger partial charge in [-0.2, -0.15) is 0 Å². The predicted octanol–water partition coefficient (Wildman–Crippen LogP) is 3.95. The molecule has 0 fully saturated rings. The van der Waals surface area contributed by atoms with E-state index in [0.717, 1.165) is 17.0 Å². The maximum absolute atomic E-state index is 13.5. The topological polar surface area (TPSA) is 20.3 Å². The maximum atomic E-state index is 13.5. The molecule has 100 valence electrons. The molecule has 0 saturated carbocycles. The summed E-state index contributed by atoms with van der Waals surface area (Å²) in [6.45, 7) is 0.326. The van der Waals surface area contributed by atoms with Crippen LogP contribution >= 0.6 is 22.9 Å². The van der Waals surface area contributed by atoms with Gasteiger partial charge in [0.25, 0.3) is 5.91 Å². The van der Waals surface area contributed by atoms with Crippen LogP contribution in [-0.2, 0) is 6.54 Å². The molecule has 0 aliphatic rings. The summed E-state index contributed by atoms with van der Waals surface area (Å²) in [4.78, 5) is 14.3. The van der Waals surface area contributed by atoms with Gasteiger partial charge in [-0.3, -0.25) is 4.79 Å². The molecule has 2 aromatic rings. The van der Waals surface area contributed by atoms with Gasteiger partial charge >= 0.3 is 0 Å². The van der Waals surface area contributed by atoms with E-state index in [1.54, 1.807) is 19.2 Å². The quantitative estimate of drug-likeness (QED) is 0.840. The molecule has 19 heavy (non-hydrogen) atoms. The standard InChI is InChI=1S/C13H10ClF2NOS/c1-17(7-9-3-5-12(14)19-9)13(18)10-4-2-8(15)6-11(10)16/h2-6H,7H2,1H3. The van der Waals surface area contributed by atoms with Crippen molar-refractivity contribution in [2.45, 2.75) is 6.54 Å². The highest BCUT2D eigenvalue weighted by atomic mass is 35.5. The first-order valence-corrected chi connectivity index (χ1v) is 6.61. The van der Waals surface area contributed by atoms with E-state index in [-0.39, 0.29) is 5.56 Å². The molecule has 0 saturated heterocycles. The molecule has 0 bridgehead atoms. The number of carbonyl (C=O) groups is 1. The van der Waals surface area contributed by atoms with E-state index in [2.05, 4.69) is 0 Å². The minimum absolute atomic E-state index is 0.147. The Morgan fingerprint density at radius 1 is 1.32 bits per heavy atom. The number of amides is 1. The summed E-state index contributed by atoms with van der Waals surface area (Å²) in [5, 5.41) is 0. The summed E-state index contributed by atoms with van der Waals surface area (Å²) in [5.41, 5.74) is -0.147. The van der Waals surface area contributed by atoms with Gasteiger partial charge < -0.3 is 4.90 Å². The summed E-state index contributed by atoms with van der Waals surface area (Å²) in [7, 11) is 1.55. The van der Waals surface area contributed by atoms with Crippen LogP contribution < -0.4 is 0 Å². The van der Waals surface area contributed by atoms with E-state index in [4.69, 9.17) is 11.6 Å². The number of rotatable bonds is 3. The largest absolute Gasteiger partial charge is 0.336 e. The fourth-order valence-electron chi connectivity index (χ4n) is 1.61. The molecule has 1 aromatic carbocycles. The van der Waals surface area contributed by atoms with E-state index in [1.165, 1.54) is 16.2 Å². The molecular formula is C13H10ClF2NOS. The summed E-state index contributed by atoms with van der Waals surface area (Å²) in [6, 6.07) is 6.44. The molecule has 2 rings (SSSR count). The fourth-order valence-corrected chi connectivity index (χ4v) is 2.75. The summed E-state index contributed by atoms with van der Waals surface area (Å²) < 4.78 is 26.9. The molecular weight excluding hydrogens is 292 g/mol. The molecule has 1 amide bonds. The first-order chi connectivity index (χ1) is 8.97. The zero-order valence-electron chi connectivity index (χ0n) is 9.99. The Labute approximate surface area is 118 Å². The average molecular weight is 302 g/mol. The molecule has 0 unspecified atom stereocenters. The first kappa shape index (κ1) is 14.0. The van der Waals surface area contributed by atoms with E-state index in [1.807, 2.05) is 0 Å². The van der Waals surface area contributed by atoms with E-state index in [9.17, 15) is 13.6 Å². The predicted molar refractivity (Wildman–Crippen MR) is 71.5 cm³/mol. The molecule has 1 aromatic heterocycles. The van der Waals surface area contributed by atoms with Crippen molar-refractivity contribution in [2.24, 2.45) is 0 Å². The second-order valence-electron chi connectivity index (χ2n) is 3.99. The Balaban J connectivity index is 2.14. The van der Waals surface area contributed by atoms with Gasteiger partial charge in [-0.05, 0) is 24.3 Å². The second-order valence-corrected chi connectivity index (χ2v) is 5.79. The van der Waals surface area contributed by atoms with Crippen LogP contribution in [-0.4, -0.2) is 17.9 Å². The van der Waals surface area contributed by atoms with Gasteiger partial charge in [0.1, 0.15) is 11.6 Å². The highest BCUT2D eigenvalue weighted by Crippen LogP contribution is 2.23. The number of halogens is 3. The minimum atomic E-state index is -0.860.